The summed E-state index contributed by atoms with van der Waals surface area (Å²) < 4.78 is 10.5. The van der Waals surface area contributed by atoms with Crippen molar-refractivity contribution in [2.45, 2.75) is 6.54 Å². The maximum Gasteiger partial charge on any atom is 0.119 e. The molecule has 16 heavy (non-hydrogen) atoms. The molecule has 0 bridgehead atoms. The van der Waals surface area contributed by atoms with Gasteiger partial charge in [0.05, 0.1) is 20.3 Å². The molecule has 0 N–H and O–H groups in total. The normalized spacial score (nSPS) is 16.6. The van der Waals surface area contributed by atoms with E-state index in [1.807, 2.05) is 12.1 Å². The summed E-state index contributed by atoms with van der Waals surface area (Å²) in [6.07, 6.45) is 0. The molecule has 0 amide bonds. The molecule has 1 aromatic carbocycles. The summed E-state index contributed by atoms with van der Waals surface area (Å²) in [7, 11) is 1.70. The molecule has 1 heterocycles. The lowest BCUT2D eigenvalue weighted by atomic mass is 10.2. The predicted molar refractivity (Wildman–Crippen MR) is 66.3 cm³/mol. The van der Waals surface area contributed by atoms with E-state index in [0.717, 1.165) is 38.6 Å². The maximum atomic E-state index is 5.32. The molecule has 0 atom stereocenters. The Hall–Kier alpha value is -0.770. The molecule has 0 aromatic heterocycles. The second-order valence-electron chi connectivity index (χ2n) is 3.74. The summed E-state index contributed by atoms with van der Waals surface area (Å²) in [5.41, 5.74) is 1.30. The van der Waals surface area contributed by atoms with Crippen LogP contribution in [0.3, 0.4) is 0 Å². The molecule has 3 nitrogen and oxygen atoms in total. The van der Waals surface area contributed by atoms with Gasteiger partial charge in [0.1, 0.15) is 5.75 Å². The molecule has 0 aliphatic carbocycles. The molecule has 90 valence electrons. The SMILES string of the molecule is COc1cccc(CN2CCOCC2)c1.Cl. The molecule has 2 rings (SSSR count). The van der Waals surface area contributed by atoms with Crippen LogP contribution in [0.4, 0.5) is 0 Å². The van der Waals surface area contributed by atoms with Gasteiger partial charge in [-0.3, -0.25) is 4.90 Å². The molecule has 1 fully saturated rings. The fourth-order valence-corrected chi connectivity index (χ4v) is 1.79. The Kier molecular flexibility index (Phi) is 5.60. The van der Waals surface area contributed by atoms with Gasteiger partial charge in [0.25, 0.3) is 0 Å². The lowest BCUT2D eigenvalue weighted by Crippen LogP contribution is -2.35. The van der Waals surface area contributed by atoms with Crippen LogP contribution in [-0.4, -0.2) is 38.3 Å². The number of halogens is 1. The largest absolute Gasteiger partial charge is 0.497 e. The van der Waals surface area contributed by atoms with Crippen molar-refractivity contribution in [3.8, 4) is 5.75 Å². The molecular weight excluding hydrogens is 226 g/mol. The minimum Gasteiger partial charge on any atom is -0.497 e. The second kappa shape index (κ2) is 6.74. The van der Waals surface area contributed by atoms with Crippen molar-refractivity contribution in [3.63, 3.8) is 0 Å². The zero-order valence-electron chi connectivity index (χ0n) is 9.52. The molecule has 1 aliphatic heterocycles. The molecule has 4 heteroatoms. The van der Waals surface area contributed by atoms with E-state index in [0.29, 0.717) is 0 Å². The van der Waals surface area contributed by atoms with Crippen LogP contribution in [0.25, 0.3) is 0 Å². The number of ether oxygens (including phenoxy) is 2. The van der Waals surface area contributed by atoms with Crippen molar-refractivity contribution in [3.05, 3.63) is 29.8 Å². The smallest absolute Gasteiger partial charge is 0.119 e. The van der Waals surface area contributed by atoms with Crippen molar-refractivity contribution in [2.75, 3.05) is 33.4 Å². The van der Waals surface area contributed by atoms with Gasteiger partial charge in [0.2, 0.25) is 0 Å². The van der Waals surface area contributed by atoms with Crippen LogP contribution in [0.1, 0.15) is 5.56 Å². The summed E-state index contributed by atoms with van der Waals surface area (Å²) in [5.74, 6) is 0.931. The Morgan fingerprint density at radius 3 is 2.75 bits per heavy atom. The average Bonchev–Trinajstić information content (AvgIpc) is 2.31. The first-order chi connectivity index (χ1) is 7.38. The quantitative estimate of drug-likeness (QED) is 0.810. The van der Waals surface area contributed by atoms with Gasteiger partial charge in [-0.05, 0) is 17.7 Å². The molecule has 1 aliphatic rings. The first-order valence-corrected chi connectivity index (χ1v) is 5.31. The van der Waals surface area contributed by atoms with E-state index < -0.39 is 0 Å². The number of hydrogen-bond donors (Lipinski definition) is 0. The van der Waals surface area contributed by atoms with Crippen molar-refractivity contribution in [1.82, 2.24) is 4.90 Å². The number of rotatable bonds is 3. The van der Waals surface area contributed by atoms with E-state index >= 15 is 0 Å². The third kappa shape index (κ3) is 3.67. The number of hydrogen-bond acceptors (Lipinski definition) is 3. The third-order valence-electron chi connectivity index (χ3n) is 2.64. The van der Waals surface area contributed by atoms with Crippen molar-refractivity contribution < 1.29 is 9.47 Å². The number of benzene rings is 1. The van der Waals surface area contributed by atoms with E-state index in [1.54, 1.807) is 7.11 Å². The van der Waals surface area contributed by atoms with Crippen LogP contribution in [-0.2, 0) is 11.3 Å². The Labute approximate surface area is 103 Å². The average molecular weight is 244 g/mol. The minimum atomic E-state index is 0. The van der Waals surface area contributed by atoms with E-state index in [-0.39, 0.29) is 12.4 Å². The fraction of sp³-hybridized carbons (Fsp3) is 0.500. The lowest BCUT2D eigenvalue weighted by molar-refractivity contribution is 0.0341. The number of methoxy groups -OCH3 is 1. The van der Waals surface area contributed by atoms with E-state index in [9.17, 15) is 0 Å². The summed E-state index contributed by atoms with van der Waals surface area (Å²) in [6, 6.07) is 8.24. The van der Waals surface area contributed by atoms with Gasteiger partial charge in [-0.1, -0.05) is 12.1 Å². The van der Waals surface area contributed by atoms with Crippen LogP contribution in [0.2, 0.25) is 0 Å². The van der Waals surface area contributed by atoms with E-state index in [1.165, 1.54) is 5.56 Å². The van der Waals surface area contributed by atoms with Gasteiger partial charge in [0.15, 0.2) is 0 Å². The second-order valence-corrected chi connectivity index (χ2v) is 3.74. The highest BCUT2D eigenvalue weighted by molar-refractivity contribution is 5.85. The van der Waals surface area contributed by atoms with Crippen LogP contribution in [0, 0.1) is 0 Å². The first-order valence-electron chi connectivity index (χ1n) is 5.31. The fourth-order valence-electron chi connectivity index (χ4n) is 1.79. The monoisotopic (exact) mass is 243 g/mol. The molecule has 0 unspecified atom stereocenters. The lowest BCUT2D eigenvalue weighted by Gasteiger charge is -2.26. The number of morpholine rings is 1. The van der Waals surface area contributed by atoms with Gasteiger partial charge >= 0.3 is 0 Å². The molecule has 0 radical (unpaired) electrons. The topological polar surface area (TPSA) is 21.7 Å². The Morgan fingerprint density at radius 2 is 2.06 bits per heavy atom. The standard InChI is InChI=1S/C12H17NO2.ClH/c1-14-12-4-2-3-11(9-12)10-13-5-7-15-8-6-13;/h2-4,9H,5-8,10H2,1H3;1H. The third-order valence-corrected chi connectivity index (χ3v) is 2.64. The van der Waals surface area contributed by atoms with Gasteiger partial charge in [-0.2, -0.15) is 0 Å². The highest BCUT2D eigenvalue weighted by atomic mass is 35.5. The van der Waals surface area contributed by atoms with Crippen molar-refractivity contribution in [2.24, 2.45) is 0 Å². The summed E-state index contributed by atoms with van der Waals surface area (Å²) >= 11 is 0. The zero-order chi connectivity index (χ0) is 10.5. The highest BCUT2D eigenvalue weighted by Crippen LogP contribution is 2.14. The summed E-state index contributed by atoms with van der Waals surface area (Å²) in [6.45, 7) is 4.74. The van der Waals surface area contributed by atoms with Crippen molar-refractivity contribution >= 4 is 12.4 Å². The summed E-state index contributed by atoms with van der Waals surface area (Å²) in [4.78, 5) is 2.40. The molecule has 0 spiro atoms. The highest BCUT2D eigenvalue weighted by Gasteiger charge is 2.10. The molecular formula is C12H18ClNO2. The van der Waals surface area contributed by atoms with Gasteiger partial charge in [-0.25, -0.2) is 0 Å². The zero-order valence-corrected chi connectivity index (χ0v) is 10.3. The summed E-state index contributed by atoms with van der Waals surface area (Å²) in [5, 5.41) is 0. The van der Waals surface area contributed by atoms with Crippen LogP contribution in [0.15, 0.2) is 24.3 Å². The Morgan fingerprint density at radius 1 is 1.31 bits per heavy atom. The van der Waals surface area contributed by atoms with Crippen LogP contribution < -0.4 is 4.74 Å². The van der Waals surface area contributed by atoms with Gasteiger partial charge in [-0.15, -0.1) is 12.4 Å². The maximum absolute atomic E-state index is 5.32. The van der Waals surface area contributed by atoms with Crippen LogP contribution in [0.5, 0.6) is 5.75 Å². The molecule has 1 aromatic rings. The van der Waals surface area contributed by atoms with E-state index in [4.69, 9.17) is 9.47 Å². The Bertz CT molecular complexity index is 314. The first kappa shape index (κ1) is 13.3. The Balaban J connectivity index is 0.00000128. The molecule has 1 saturated heterocycles. The predicted octanol–water partition coefficient (Wildman–Crippen LogP) is 1.95. The van der Waals surface area contributed by atoms with Gasteiger partial charge in [0, 0.05) is 19.6 Å². The van der Waals surface area contributed by atoms with E-state index in [2.05, 4.69) is 17.0 Å². The molecule has 0 saturated carbocycles. The van der Waals surface area contributed by atoms with Crippen molar-refractivity contribution in [1.29, 1.82) is 0 Å². The minimum absolute atomic E-state index is 0. The van der Waals surface area contributed by atoms with Crippen LogP contribution >= 0.6 is 12.4 Å². The van der Waals surface area contributed by atoms with Gasteiger partial charge < -0.3 is 9.47 Å². The number of nitrogens with zero attached hydrogens (tertiary/aromatic N) is 1.